The van der Waals surface area contributed by atoms with Gasteiger partial charge in [-0.25, -0.2) is 5.84 Å². The molecule has 6 nitrogen and oxygen atoms in total. The molecule has 33 heavy (non-hydrogen) atoms. The van der Waals surface area contributed by atoms with Gasteiger partial charge in [-0.2, -0.15) is 0 Å². The second-order valence-electron chi connectivity index (χ2n) is 8.36. The van der Waals surface area contributed by atoms with E-state index in [2.05, 4.69) is 0 Å². The zero-order valence-electron chi connectivity index (χ0n) is 20.6. The molecule has 0 saturated carbocycles. The van der Waals surface area contributed by atoms with Gasteiger partial charge in [-0.1, -0.05) is 70.2 Å². The Balaban J connectivity index is 0.00000187. The van der Waals surface area contributed by atoms with Gasteiger partial charge in [-0.05, 0) is 24.5 Å². The van der Waals surface area contributed by atoms with Crippen molar-refractivity contribution in [1.82, 2.24) is 5.01 Å². The predicted octanol–water partition coefficient (Wildman–Crippen LogP) is 4.93. The largest absolute Gasteiger partial charge is 0.396 e. The standard InChI is InChI=1S/C25H32N4O2.C2H6/c1-17(2)22(30)14-8-9-15-23(31)29-16-18-10-4-5-11-19(18)24(26)25(28(3)27)20-12-6-7-13-21(20)29;1-2/h4-7,10-13,17H,8-9,14-16,26-27H2,1-3H3;1-2H3/b25-24-;. The first kappa shape index (κ1) is 26.1. The summed E-state index contributed by atoms with van der Waals surface area (Å²) in [6.07, 6.45) is 2.30. The lowest BCUT2D eigenvalue weighted by atomic mass is 9.95. The van der Waals surface area contributed by atoms with Crippen LogP contribution in [0.25, 0.3) is 11.4 Å². The molecule has 2 aromatic carbocycles. The normalized spacial score (nSPS) is 14.9. The summed E-state index contributed by atoms with van der Waals surface area (Å²) < 4.78 is 0. The van der Waals surface area contributed by atoms with E-state index >= 15 is 0 Å². The van der Waals surface area contributed by atoms with E-state index in [0.29, 0.717) is 37.2 Å². The number of Topliss-reactive ketones (excluding diaryl/α,β-unsaturated/α-hetero) is 1. The van der Waals surface area contributed by atoms with Crippen molar-refractivity contribution >= 4 is 28.8 Å². The number of ketones is 1. The van der Waals surface area contributed by atoms with Crippen molar-refractivity contribution in [2.24, 2.45) is 17.5 Å². The molecule has 0 spiro atoms. The van der Waals surface area contributed by atoms with Gasteiger partial charge in [-0.15, -0.1) is 0 Å². The Kier molecular flexibility index (Phi) is 9.67. The Labute approximate surface area is 198 Å². The van der Waals surface area contributed by atoms with Crippen LogP contribution in [0, 0.1) is 5.92 Å². The number of nitrogens with two attached hydrogens (primary N) is 2. The van der Waals surface area contributed by atoms with E-state index in [9.17, 15) is 9.59 Å². The number of benzene rings is 2. The third-order valence-electron chi connectivity index (χ3n) is 5.70. The van der Waals surface area contributed by atoms with Gasteiger partial charge in [0.15, 0.2) is 0 Å². The minimum absolute atomic E-state index is 0.0266. The van der Waals surface area contributed by atoms with Gasteiger partial charge in [0.05, 0.1) is 23.6 Å². The lowest BCUT2D eigenvalue weighted by Gasteiger charge is -2.32. The summed E-state index contributed by atoms with van der Waals surface area (Å²) >= 11 is 0. The number of carbonyl (C=O) groups excluding carboxylic acids is 2. The summed E-state index contributed by atoms with van der Waals surface area (Å²) in [5.41, 5.74) is 11.3. The molecule has 0 bridgehead atoms. The maximum atomic E-state index is 13.3. The van der Waals surface area contributed by atoms with E-state index in [1.165, 1.54) is 5.01 Å². The highest BCUT2D eigenvalue weighted by molar-refractivity contribution is 6.01. The molecule has 0 radical (unpaired) electrons. The number of carbonyl (C=O) groups is 2. The van der Waals surface area contributed by atoms with Gasteiger partial charge < -0.3 is 15.6 Å². The Morgan fingerprint density at radius 3 is 2.18 bits per heavy atom. The third-order valence-corrected chi connectivity index (χ3v) is 5.70. The van der Waals surface area contributed by atoms with Gasteiger partial charge in [0.25, 0.3) is 0 Å². The Morgan fingerprint density at radius 2 is 1.55 bits per heavy atom. The molecule has 1 heterocycles. The second kappa shape index (κ2) is 12.2. The molecule has 0 aliphatic carbocycles. The van der Waals surface area contributed by atoms with Crippen molar-refractivity contribution in [3.8, 4) is 0 Å². The molecule has 0 unspecified atom stereocenters. The Bertz CT molecular complexity index is 995. The zero-order chi connectivity index (χ0) is 24.5. The number of rotatable bonds is 7. The molecule has 3 rings (SSSR count). The van der Waals surface area contributed by atoms with Crippen LogP contribution in [0.15, 0.2) is 48.5 Å². The van der Waals surface area contributed by atoms with Crippen molar-refractivity contribution < 1.29 is 9.59 Å². The molecule has 1 aliphatic rings. The van der Waals surface area contributed by atoms with Crippen LogP contribution in [0.4, 0.5) is 5.69 Å². The fourth-order valence-electron chi connectivity index (χ4n) is 3.96. The third kappa shape index (κ3) is 6.23. The first-order valence-electron chi connectivity index (χ1n) is 11.8. The predicted molar refractivity (Wildman–Crippen MR) is 137 cm³/mol. The lowest BCUT2D eigenvalue weighted by Crippen LogP contribution is -2.35. The number of nitrogens with zero attached hydrogens (tertiary/aromatic N) is 2. The smallest absolute Gasteiger partial charge is 0.227 e. The van der Waals surface area contributed by atoms with Gasteiger partial charge in [0, 0.05) is 36.9 Å². The lowest BCUT2D eigenvalue weighted by molar-refractivity contribution is -0.122. The van der Waals surface area contributed by atoms with Crippen molar-refractivity contribution in [2.75, 3.05) is 11.9 Å². The van der Waals surface area contributed by atoms with Crippen LogP contribution in [0.1, 0.15) is 70.1 Å². The van der Waals surface area contributed by atoms with Gasteiger partial charge in [0.2, 0.25) is 5.91 Å². The highest BCUT2D eigenvalue weighted by Crippen LogP contribution is 2.36. The van der Waals surface area contributed by atoms with Gasteiger partial charge in [0.1, 0.15) is 5.78 Å². The average molecular weight is 451 g/mol. The summed E-state index contributed by atoms with van der Waals surface area (Å²) in [5.74, 6) is 6.49. The number of hydrogen-bond acceptors (Lipinski definition) is 5. The Hall–Kier alpha value is -3.12. The van der Waals surface area contributed by atoms with Crippen molar-refractivity contribution in [2.45, 2.75) is 59.9 Å². The number of hydrogen-bond donors (Lipinski definition) is 2. The number of anilines is 1. The first-order chi connectivity index (χ1) is 15.8. The van der Waals surface area contributed by atoms with Crippen LogP contribution >= 0.6 is 0 Å². The van der Waals surface area contributed by atoms with Gasteiger partial charge in [-0.3, -0.25) is 9.59 Å². The van der Waals surface area contributed by atoms with E-state index in [1.54, 1.807) is 7.05 Å². The monoisotopic (exact) mass is 450 g/mol. The van der Waals surface area contributed by atoms with Crippen LogP contribution in [-0.4, -0.2) is 23.7 Å². The number of fused-ring (bicyclic) bond motifs is 2. The fourth-order valence-corrected chi connectivity index (χ4v) is 3.96. The topological polar surface area (TPSA) is 92.7 Å². The highest BCUT2D eigenvalue weighted by atomic mass is 16.2. The number of unbranched alkanes of at least 4 members (excludes halogenated alkanes) is 1. The molecule has 1 aliphatic heterocycles. The molecule has 0 fully saturated rings. The maximum absolute atomic E-state index is 13.3. The first-order valence-corrected chi connectivity index (χ1v) is 11.8. The summed E-state index contributed by atoms with van der Waals surface area (Å²) in [5, 5.41) is 1.51. The minimum Gasteiger partial charge on any atom is -0.396 e. The number of amides is 1. The molecule has 2 aromatic rings. The number of para-hydroxylation sites is 1. The van der Waals surface area contributed by atoms with E-state index in [1.807, 2.05) is 81.1 Å². The maximum Gasteiger partial charge on any atom is 0.227 e. The number of hydrazine groups is 1. The minimum atomic E-state index is 0.0266. The van der Waals surface area contributed by atoms with E-state index in [4.69, 9.17) is 11.6 Å². The highest BCUT2D eigenvalue weighted by Gasteiger charge is 2.26. The molecule has 0 aromatic heterocycles. The SMILES string of the molecule is CC.CC(C)C(=O)CCCCC(=O)N1Cc2ccccc2/C(N)=C(/N(C)N)c2ccccc21. The summed E-state index contributed by atoms with van der Waals surface area (Å²) in [4.78, 5) is 27.0. The molecular weight excluding hydrogens is 412 g/mol. The summed E-state index contributed by atoms with van der Waals surface area (Å²) in [7, 11) is 1.75. The van der Waals surface area contributed by atoms with Crippen molar-refractivity contribution in [1.29, 1.82) is 0 Å². The zero-order valence-corrected chi connectivity index (χ0v) is 20.6. The quantitative estimate of drug-likeness (QED) is 0.354. The van der Waals surface area contributed by atoms with Crippen LogP contribution in [0.5, 0.6) is 0 Å². The average Bonchev–Trinajstić information content (AvgIpc) is 2.80. The van der Waals surface area contributed by atoms with Crippen LogP contribution in [0.2, 0.25) is 0 Å². The van der Waals surface area contributed by atoms with Crippen LogP contribution in [0.3, 0.4) is 0 Å². The van der Waals surface area contributed by atoms with E-state index < -0.39 is 0 Å². The molecule has 178 valence electrons. The molecule has 0 saturated heterocycles. The second-order valence-corrected chi connectivity index (χ2v) is 8.36. The molecule has 0 atom stereocenters. The van der Waals surface area contributed by atoms with Crippen molar-refractivity contribution in [3.63, 3.8) is 0 Å². The molecule has 1 amide bonds. The molecule has 4 N–H and O–H groups in total. The fraction of sp³-hybridized carbons (Fsp3) is 0.407. The summed E-state index contributed by atoms with van der Waals surface area (Å²) in [6.45, 7) is 8.25. The van der Waals surface area contributed by atoms with E-state index in [-0.39, 0.29) is 17.6 Å². The van der Waals surface area contributed by atoms with Crippen LogP contribution < -0.4 is 16.5 Å². The van der Waals surface area contributed by atoms with E-state index in [0.717, 1.165) is 28.8 Å². The van der Waals surface area contributed by atoms with Crippen LogP contribution in [-0.2, 0) is 16.1 Å². The molecular formula is C27H38N4O2. The summed E-state index contributed by atoms with van der Waals surface area (Å²) in [6, 6.07) is 15.5. The Morgan fingerprint density at radius 1 is 0.970 bits per heavy atom. The molecule has 6 heteroatoms. The van der Waals surface area contributed by atoms with Crippen molar-refractivity contribution in [3.05, 3.63) is 65.2 Å². The van der Waals surface area contributed by atoms with Gasteiger partial charge >= 0.3 is 0 Å².